The summed E-state index contributed by atoms with van der Waals surface area (Å²) >= 11 is 0. The summed E-state index contributed by atoms with van der Waals surface area (Å²) in [7, 11) is 0. The van der Waals surface area contributed by atoms with Gasteiger partial charge in [-0.15, -0.1) is 0 Å². The molecule has 0 aromatic carbocycles. The van der Waals surface area contributed by atoms with Gasteiger partial charge >= 0.3 is 5.97 Å². The highest BCUT2D eigenvalue weighted by Crippen LogP contribution is 2.34. The Bertz CT molecular complexity index is 185. The van der Waals surface area contributed by atoms with Gasteiger partial charge in [0.05, 0.1) is 6.26 Å². The van der Waals surface area contributed by atoms with Crippen LogP contribution < -0.4 is 0 Å². The Morgan fingerprint density at radius 2 is 2.08 bits per heavy atom. The number of halogens is 1. The van der Waals surface area contributed by atoms with Crippen LogP contribution in [0.3, 0.4) is 0 Å². The van der Waals surface area contributed by atoms with Gasteiger partial charge in [0.1, 0.15) is 0 Å². The van der Waals surface area contributed by atoms with E-state index in [1.165, 1.54) is 0 Å². The van der Waals surface area contributed by atoms with E-state index < -0.39 is 11.6 Å². The molecular formula is C8H11FO3. The summed E-state index contributed by atoms with van der Waals surface area (Å²) in [6.45, 7) is 3.33. The molecule has 0 amide bonds. The van der Waals surface area contributed by atoms with Crippen molar-refractivity contribution in [1.29, 1.82) is 0 Å². The number of hydrogen-bond acceptors (Lipinski definition) is 3. The van der Waals surface area contributed by atoms with Crippen LogP contribution >= 0.6 is 0 Å². The number of carbonyl (C=O) groups is 1. The molecule has 1 aliphatic rings. The Hall–Kier alpha value is -1.06. The van der Waals surface area contributed by atoms with E-state index in [-0.39, 0.29) is 0 Å². The van der Waals surface area contributed by atoms with E-state index in [4.69, 9.17) is 4.74 Å². The third kappa shape index (κ3) is 1.42. The molecule has 12 heavy (non-hydrogen) atoms. The lowest BCUT2D eigenvalue weighted by molar-refractivity contribution is -0.205. The number of rotatable bonds is 3. The summed E-state index contributed by atoms with van der Waals surface area (Å²) in [5.74, 6) is -0.945. The average Bonchev–Trinajstić information content (AvgIpc) is 2.53. The zero-order valence-corrected chi connectivity index (χ0v) is 6.72. The smallest absolute Gasteiger partial charge is 0.391 e. The van der Waals surface area contributed by atoms with Gasteiger partial charge in [-0.1, -0.05) is 6.58 Å². The van der Waals surface area contributed by atoms with Crippen LogP contribution in [0.25, 0.3) is 0 Å². The SMILES string of the molecule is C=COC1(C(=O)OF)CCCC1. The molecule has 0 saturated heterocycles. The molecule has 1 aliphatic carbocycles. The summed E-state index contributed by atoms with van der Waals surface area (Å²) in [6.07, 6.45) is 3.86. The van der Waals surface area contributed by atoms with Gasteiger partial charge in [0, 0.05) is 4.53 Å². The summed E-state index contributed by atoms with van der Waals surface area (Å²) in [4.78, 5) is 14.1. The molecule has 0 bridgehead atoms. The fraction of sp³-hybridized carbons (Fsp3) is 0.625. The van der Waals surface area contributed by atoms with E-state index in [0.717, 1.165) is 19.1 Å². The van der Waals surface area contributed by atoms with E-state index in [1.807, 2.05) is 0 Å². The van der Waals surface area contributed by atoms with Crippen LogP contribution in [0.4, 0.5) is 4.53 Å². The third-order valence-corrected chi connectivity index (χ3v) is 2.16. The minimum Gasteiger partial charge on any atom is -0.484 e. The Morgan fingerprint density at radius 3 is 2.50 bits per heavy atom. The molecule has 0 N–H and O–H groups in total. The zero-order chi connectivity index (χ0) is 9.03. The molecule has 0 aromatic rings. The van der Waals surface area contributed by atoms with Gasteiger partial charge < -0.3 is 4.74 Å². The molecule has 0 spiro atoms. The molecule has 0 unspecified atom stereocenters. The predicted octanol–water partition coefficient (Wildman–Crippen LogP) is 1.89. The van der Waals surface area contributed by atoms with E-state index in [9.17, 15) is 9.32 Å². The Kier molecular flexibility index (Phi) is 2.68. The Labute approximate surface area is 70.1 Å². The lowest BCUT2D eigenvalue weighted by Crippen LogP contribution is -2.37. The van der Waals surface area contributed by atoms with Crippen molar-refractivity contribution in [3.8, 4) is 0 Å². The van der Waals surface area contributed by atoms with E-state index in [0.29, 0.717) is 12.8 Å². The van der Waals surface area contributed by atoms with Crippen LogP contribution in [-0.4, -0.2) is 11.6 Å². The summed E-state index contributed by atoms with van der Waals surface area (Å²) in [5, 5.41) is 0. The lowest BCUT2D eigenvalue weighted by atomic mass is 10.0. The van der Waals surface area contributed by atoms with Crippen molar-refractivity contribution in [2.24, 2.45) is 0 Å². The normalized spacial score (nSPS) is 20.1. The maximum absolute atomic E-state index is 11.6. The second kappa shape index (κ2) is 3.56. The van der Waals surface area contributed by atoms with Crippen LogP contribution in [0.15, 0.2) is 12.8 Å². The first-order valence-corrected chi connectivity index (χ1v) is 3.87. The molecule has 3 nitrogen and oxygen atoms in total. The standard InChI is InChI=1S/C8H11FO3/c1-2-11-8(7(10)12-9)5-3-4-6-8/h2H,1,3-6H2. The summed E-state index contributed by atoms with van der Waals surface area (Å²) in [6, 6.07) is 0. The van der Waals surface area contributed by atoms with E-state index in [2.05, 4.69) is 11.5 Å². The van der Waals surface area contributed by atoms with Crippen LogP contribution in [0.2, 0.25) is 0 Å². The van der Waals surface area contributed by atoms with Crippen LogP contribution in [0.5, 0.6) is 0 Å². The molecule has 0 aromatic heterocycles. The fourth-order valence-corrected chi connectivity index (χ4v) is 1.55. The first kappa shape index (κ1) is 9.03. The highest BCUT2D eigenvalue weighted by molar-refractivity contribution is 5.79. The van der Waals surface area contributed by atoms with E-state index in [1.54, 1.807) is 0 Å². The first-order valence-electron chi connectivity index (χ1n) is 3.87. The van der Waals surface area contributed by atoms with Crippen molar-refractivity contribution >= 4 is 5.97 Å². The van der Waals surface area contributed by atoms with Crippen molar-refractivity contribution in [2.45, 2.75) is 31.3 Å². The van der Waals surface area contributed by atoms with Crippen molar-refractivity contribution in [2.75, 3.05) is 0 Å². The third-order valence-electron chi connectivity index (χ3n) is 2.16. The molecule has 68 valence electrons. The van der Waals surface area contributed by atoms with Gasteiger partial charge in [0.15, 0.2) is 0 Å². The van der Waals surface area contributed by atoms with Gasteiger partial charge in [-0.05, 0) is 25.7 Å². The quantitative estimate of drug-likeness (QED) is 0.613. The molecule has 0 aliphatic heterocycles. The highest BCUT2D eigenvalue weighted by atomic mass is 19.3. The monoisotopic (exact) mass is 174 g/mol. The molecular weight excluding hydrogens is 163 g/mol. The summed E-state index contributed by atoms with van der Waals surface area (Å²) in [5.41, 5.74) is -1.10. The van der Waals surface area contributed by atoms with Crippen molar-refractivity contribution < 1.29 is 19.0 Å². The Balaban J connectivity index is 2.70. The molecule has 1 saturated carbocycles. The Morgan fingerprint density at radius 1 is 1.50 bits per heavy atom. The number of carbonyl (C=O) groups excluding carboxylic acids is 1. The first-order chi connectivity index (χ1) is 5.75. The maximum atomic E-state index is 11.6. The molecule has 4 heteroatoms. The van der Waals surface area contributed by atoms with Gasteiger partial charge in [-0.3, -0.25) is 4.94 Å². The molecule has 0 atom stereocenters. The minimum absolute atomic E-state index is 0.502. The fourth-order valence-electron chi connectivity index (χ4n) is 1.55. The van der Waals surface area contributed by atoms with Crippen molar-refractivity contribution in [1.82, 2.24) is 0 Å². The average molecular weight is 174 g/mol. The largest absolute Gasteiger partial charge is 0.484 e. The topological polar surface area (TPSA) is 35.5 Å². The summed E-state index contributed by atoms with van der Waals surface area (Å²) < 4.78 is 16.6. The predicted molar refractivity (Wildman–Crippen MR) is 39.7 cm³/mol. The van der Waals surface area contributed by atoms with Crippen molar-refractivity contribution in [3.63, 3.8) is 0 Å². The molecule has 0 radical (unpaired) electrons. The van der Waals surface area contributed by atoms with Crippen LogP contribution in [0, 0.1) is 0 Å². The van der Waals surface area contributed by atoms with Gasteiger partial charge in [-0.25, -0.2) is 4.79 Å². The molecule has 0 heterocycles. The van der Waals surface area contributed by atoms with Crippen LogP contribution in [-0.2, 0) is 14.5 Å². The number of ether oxygens (including phenoxy) is 1. The van der Waals surface area contributed by atoms with Crippen LogP contribution in [0.1, 0.15) is 25.7 Å². The van der Waals surface area contributed by atoms with Gasteiger partial charge in [0.2, 0.25) is 5.60 Å². The number of hydrogen-bond donors (Lipinski definition) is 0. The van der Waals surface area contributed by atoms with Crippen molar-refractivity contribution in [3.05, 3.63) is 12.8 Å². The second-order valence-corrected chi connectivity index (χ2v) is 2.85. The van der Waals surface area contributed by atoms with Gasteiger partial charge in [0.25, 0.3) is 0 Å². The molecule has 1 fully saturated rings. The second-order valence-electron chi connectivity index (χ2n) is 2.85. The lowest BCUT2D eigenvalue weighted by Gasteiger charge is -2.22. The van der Waals surface area contributed by atoms with Gasteiger partial charge in [-0.2, -0.15) is 0 Å². The van der Waals surface area contributed by atoms with E-state index >= 15 is 0 Å². The maximum Gasteiger partial charge on any atom is 0.391 e. The minimum atomic E-state index is -1.10. The zero-order valence-electron chi connectivity index (χ0n) is 6.72. The highest BCUT2D eigenvalue weighted by Gasteiger charge is 2.45. The molecule has 1 rings (SSSR count).